The fraction of sp³-hybridized carbons (Fsp3) is 0.0625. The molecule has 0 saturated heterocycles. The number of benzene rings is 1. The van der Waals surface area contributed by atoms with Crippen LogP contribution in [0.4, 0.5) is 11.6 Å². The van der Waals surface area contributed by atoms with E-state index >= 15 is 0 Å². The van der Waals surface area contributed by atoms with E-state index in [0.717, 1.165) is 5.76 Å². The second-order valence-corrected chi connectivity index (χ2v) is 5.14. The summed E-state index contributed by atoms with van der Waals surface area (Å²) in [6.45, 7) is 0.510. The summed E-state index contributed by atoms with van der Waals surface area (Å²) in [6, 6.07) is 13.8. The third-order valence-corrected chi connectivity index (χ3v) is 3.25. The number of hydrogen-bond acceptors (Lipinski definition) is 5. The van der Waals surface area contributed by atoms with Crippen LogP contribution in [0.5, 0.6) is 0 Å². The summed E-state index contributed by atoms with van der Waals surface area (Å²) in [5.41, 5.74) is 0.458. The average molecular weight is 329 g/mol. The highest BCUT2D eigenvalue weighted by Gasteiger charge is 2.07. The molecule has 0 aliphatic rings. The molecule has 6 nitrogen and oxygen atoms in total. The van der Waals surface area contributed by atoms with Gasteiger partial charge in [-0.05, 0) is 42.5 Å². The molecule has 0 spiro atoms. The van der Waals surface area contributed by atoms with Crippen molar-refractivity contribution in [2.75, 3.05) is 10.6 Å². The molecular weight excluding hydrogens is 316 g/mol. The monoisotopic (exact) mass is 328 g/mol. The fourth-order valence-corrected chi connectivity index (χ4v) is 2.09. The number of amides is 1. The summed E-state index contributed by atoms with van der Waals surface area (Å²) in [5.74, 6) is 1.45. The first-order valence-electron chi connectivity index (χ1n) is 6.87. The van der Waals surface area contributed by atoms with Crippen molar-refractivity contribution in [3.05, 3.63) is 71.1 Å². The molecule has 116 valence electrons. The molecule has 2 heterocycles. The molecule has 2 aromatic heterocycles. The Hall–Kier alpha value is -2.86. The van der Waals surface area contributed by atoms with Crippen LogP contribution in [0.15, 0.2) is 59.2 Å². The third kappa shape index (κ3) is 4.08. The highest BCUT2D eigenvalue weighted by atomic mass is 35.5. The van der Waals surface area contributed by atoms with Crippen molar-refractivity contribution in [2.24, 2.45) is 0 Å². The normalized spacial score (nSPS) is 10.3. The van der Waals surface area contributed by atoms with E-state index in [1.54, 1.807) is 42.7 Å². The molecule has 3 aromatic rings. The molecule has 1 amide bonds. The van der Waals surface area contributed by atoms with Crippen molar-refractivity contribution in [1.82, 2.24) is 10.2 Å². The minimum Gasteiger partial charge on any atom is -0.467 e. The van der Waals surface area contributed by atoms with E-state index in [1.165, 1.54) is 0 Å². The van der Waals surface area contributed by atoms with Gasteiger partial charge in [0, 0.05) is 10.6 Å². The molecule has 2 N–H and O–H groups in total. The van der Waals surface area contributed by atoms with Crippen LogP contribution >= 0.6 is 11.6 Å². The Bertz CT molecular complexity index is 788. The van der Waals surface area contributed by atoms with Crippen molar-refractivity contribution in [2.45, 2.75) is 6.54 Å². The minimum absolute atomic E-state index is 0.293. The number of anilines is 2. The first-order valence-corrected chi connectivity index (χ1v) is 7.25. The summed E-state index contributed by atoms with van der Waals surface area (Å²) >= 11 is 5.87. The van der Waals surface area contributed by atoms with Crippen LogP contribution in [0.25, 0.3) is 0 Å². The van der Waals surface area contributed by atoms with Gasteiger partial charge >= 0.3 is 0 Å². The van der Waals surface area contributed by atoms with Gasteiger partial charge < -0.3 is 15.1 Å². The second-order valence-electron chi connectivity index (χ2n) is 4.70. The Morgan fingerprint density at radius 2 is 1.91 bits per heavy atom. The van der Waals surface area contributed by atoms with Crippen LogP contribution in [0.3, 0.4) is 0 Å². The number of rotatable bonds is 5. The Kier molecular flexibility index (Phi) is 4.54. The molecule has 7 heteroatoms. The summed E-state index contributed by atoms with van der Waals surface area (Å²) in [6.07, 6.45) is 1.61. The average Bonchev–Trinajstić information content (AvgIpc) is 3.08. The number of halogens is 1. The summed E-state index contributed by atoms with van der Waals surface area (Å²) in [7, 11) is 0. The molecule has 0 aliphatic carbocycles. The van der Waals surface area contributed by atoms with Gasteiger partial charge in [-0.2, -0.15) is 0 Å². The van der Waals surface area contributed by atoms with E-state index in [4.69, 9.17) is 16.0 Å². The van der Waals surface area contributed by atoms with Crippen LogP contribution in [0.2, 0.25) is 5.02 Å². The molecule has 3 rings (SSSR count). The second kappa shape index (κ2) is 6.93. The number of carbonyl (C=O) groups excluding carboxylic acids is 1. The highest BCUT2D eigenvalue weighted by molar-refractivity contribution is 6.31. The Morgan fingerprint density at radius 3 is 2.61 bits per heavy atom. The van der Waals surface area contributed by atoms with Crippen molar-refractivity contribution < 1.29 is 9.21 Å². The SMILES string of the molecule is O=C(Nc1ccc(NCc2ccco2)nn1)c1cccc(Cl)c1. The van der Waals surface area contributed by atoms with Crippen LogP contribution in [0.1, 0.15) is 16.1 Å². The first kappa shape index (κ1) is 15.1. The van der Waals surface area contributed by atoms with Gasteiger partial charge in [-0.3, -0.25) is 4.79 Å². The molecule has 0 atom stereocenters. The van der Waals surface area contributed by atoms with E-state index in [0.29, 0.717) is 28.8 Å². The van der Waals surface area contributed by atoms with Gasteiger partial charge in [-0.1, -0.05) is 17.7 Å². The van der Waals surface area contributed by atoms with Crippen molar-refractivity contribution in [1.29, 1.82) is 0 Å². The predicted molar refractivity (Wildman–Crippen MR) is 87.5 cm³/mol. The van der Waals surface area contributed by atoms with Crippen LogP contribution in [-0.2, 0) is 6.54 Å². The first-order chi connectivity index (χ1) is 11.2. The van der Waals surface area contributed by atoms with E-state index in [1.807, 2.05) is 12.1 Å². The number of carbonyl (C=O) groups is 1. The molecule has 0 saturated carbocycles. The maximum atomic E-state index is 12.1. The van der Waals surface area contributed by atoms with Gasteiger partial charge in [0.1, 0.15) is 11.6 Å². The summed E-state index contributed by atoms with van der Waals surface area (Å²) in [5, 5.41) is 14.2. The predicted octanol–water partition coefficient (Wildman–Crippen LogP) is 3.59. The molecule has 0 bridgehead atoms. The van der Waals surface area contributed by atoms with Gasteiger partial charge in [-0.25, -0.2) is 0 Å². The fourth-order valence-electron chi connectivity index (χ4n) is 1.90. The van der Waals surface area contributed by atoms with Gasteiger partial charge in [-0.15, -0.1) is 10.2 Å². The summed E-state index contributed by atoms with van der Waals surface area (Å²) in [4.78, 5) is 12.1. The van der Waals surface area contributed by atoms with Crippen molar-refractivity contribution >= 4 is 29.1 Å². The topological polar surface area (TPSA) is 80.0 Å². The lowest BCUT2D eigenvalue weighted by Crippen LogP contribution is -2.13. The molecule has 1 aromatic carbocycles. The lowest BCUT2D eigenvalue weighted by Gasteiger charge is -2.06. The lowest BCUT2D eigenvalue weighted by atomic mass is 10.2. The maximum Gasteiger partial charge on any atom is 0.256 e. The van der Waals surface area contributed by atoms with Crippen LogP contribution in [-0.4, -0.2) is 16.1 Å². The number of aromatic nitrogens is 2. The Morgan fingerprint density at radius 1 is 1.09 bits per heavy atom. The minimum atomic E-state index is -0.293. The van der Waals surface area contributed by atoms with Crippen molar-refractivity contribution in [3.8, 4) is 0 Å². The zero-order chi connectivity index (χ0) is 16.1. The van der Waals surface area contributed by atoms with Gasteiger partial charge in [0.2, 0.25) is 0 Å². The van der Waals surface area contributed by atoms with Crippen LogP contribution < -0.4 is 10.6 Å². The largest absolute Gasteiger partial charge is 0.467 e. The molecular formula is C16H13ClN4O2. The molecule has 0 fully saturated rings. The molecule has 0 radical (unpaired) electrons. The number of furan rings is 1. The standard InChI is InChI=1S/C16H13ClN4O2/c17-12-4-1-3-11(9-12)16(22)19-15-7-6-14(20-21-15)18-10-13-5-2-8-23-13/h1-9H,10H2,(H,18,20)(H,19,21,22). The maximum absolute atomic E-state index is 12.1. The van der Waals surface area contributed by atoms with E-state index in [9.17, 15) is 4.79 Å². The smallest absolute Gasteiger partial charge is 0.256 e. The van der Waals surface area contributed by atoms with E-state index < -0.39 is 0 Å². The lowest BCUT2D eigenvalue weighted by molar-refractivity contribution is 0.102. The summed E-state index contributed by atoms with van der Waals surface area (Å²) < 4.78 is 5.21. The Labute approximate surface area is 137 Å². The van der Waals surface area contributed by atoms with Crippen molar-refractivity contribution in [3.63, 3.8) is 0 Å². The van der Waals surface area contributed by atoms with E-state index in [-0.39, 0.29) is 5.91 Å². The number of nitrogens with one attached hydrogen (secondary N) is 2. The molecule has 0 unspecified atom stereocenters. The zero-order valence-corrected chi connectivity index (χ0v) is 12.7. The Balaban J connectivity index is 1.59. The number of nitrogens with zero attached hydrogens (tertiary/aromatic N) is 2. The van der Waals surface area contributed by atoms with Crippen LogP contribution in [0, 0.1) is 0 Å². The molecule has 0 aliphatic heterocycles. The van der Waals surface area contributed by atoms with E-state index in [2.05, 4.69) is 20.8 Å². The van der Waals surface area contributed by atoms with Gasteiger partial charge in [0.05, 0.1) is 12.8 Å². The number of hydrogen-bond donors (Lipinski definition) is 2. The highest BCUT2D eigenvalue weighted by Crippen LogP contribution is 2.13. The zero-order valence-electron chi connectivity index (χ0n) is 12.0. The quantitative estimate of drug-likeness (QED) is 0.748. The third-order valence-electron chi connectivity index (χ3n) is 3.02. The van der Waals surface area contributed by atoms with Gasteiger partial charge in [0.15, 0.2) is 5.82 Å². The molecule has 23 heavy (non-hydrogen) atoms. The van der Waals surface area contributed by atoms with Gasteiger partial charge in [0.25, 0.3) is 5.91 Å².